The summed E-state index contributed by atoms with van der Waals surface area (Å²) in [6.45, 7) is 3.87. The lowest BCUT2D eigenvalue weighted by atomic mass is 9.99. The Morgan fingerprint density at radius 3 is 2.64 bits per heavy atom. The average molecular weight is 192 g/mol. The van der Waals surface area contributed by atoms with E-state index in [-0.39, 0.29) is 0 Å². The quantitative estimate of drug-likeness (QED) is 0.788. The Morgan fingerprint density at radius 2 is 2.07 bits per heavy atom. The number of hydrogen-bond donors (Lipinski definition) is 1. The summed E-state index contributed by atoms with van der Waals surface area (Å²) in [5.41, 5.74) is 8.34. The lowest BCUT2D eigenvalue weighted by molar-refractivity contribution is 0.402. The molecule has 0 fully saturated rings. The molecule has 0 radical (unpaired) electrons. The summed E-state index contributed by atoms with van der Waals surface area (Å²) in [6, 6.07) is 8.67. The van der Waals surface area contributed by atoms with Crippen LogP contribution in [0.4, 0.5) is 0 Å². The second kappa shape index (κ2) is 5.13. The van der Waals surface area contributed by atoms with Gasteiger partial charge < -0.3 is 10.6 Å². The molecule has 0 heterocycles. The third-order valence-electron chi connectivity index (χ3n) is 2.37. The van der Waals surface area contributed by atoms with Crippen LogP contribution in [0.5, 0.6) is 0 Å². The van der Waals surface area contributed by atoms with E-state index in [1.54, 1.807) is 0 Å². The molecule has 78 valence electrons. The Labute approximate surface area is 86.7 Å². The van der Waals surface area contributed by atoms with Gasteiger partial charge in [-0.2, -0.15) is 0 Å². The highest BCUT2D eigenvalue weighted by Crippen LogP contribution is 2.15. The van der Waals surface area contributed by atoms with E-state index in [1.807, 2.05) is 0 Å². The fourth-order valence-corrected chi connectivity index (χ4v) is 1.50. The van der Waals surface area contributed by atoms with Crippen LogP contribution < -0.4 is 5.73 Å². The van der Waals surface area contributed by atoms with Gasteiger partial charge in [0.15, 0.2) is 0 Å². The summed E-state index contributed by atoms with van der Waals surface area (Å²) < 4.78 is 0. The summed E-state index contributed by atoms with van der Waals surface area (Å²) >= 11 is 0. The third kappa shape index (κ3) is 3.13. The van der Waals surface area contributed by atoms with Crippen LogP contribution in [0.1, 0.15) is 24.0 Å². The number of nitrogens with two attached hydrogens (primary N) is 1. The van der Waals surface area contributed by atoms with Gasteiger partial charge in [0.25, 0.3) is 0 Å². The van der Waals surface area contributed by atoms with E-state index in [9.17, 15) is 0 Å². The van der Waals surface area contributed by atoms with Crippen molar-refractivity contribution in [3.8, 4) is 0 Å². The molecule has 0 aliphatic rings. The van der Waals surface area contributed by atoms with Crippen molar-refractivity contribution in [2.24, 2.45) is 5.73 Å². The second-order valence-corrected chi connectivity index (χ2v) is 4.12. The van der Waals surface area contributed by atoms with Crippen LogP contribution >= 0.6 is 0 Å². The molecule has 1 rings (SSSR count). The monoisotopic (exact) mass is 192 g/mol. The van der Waals surface area contributed by atoms with E-state index < -0.39 is 0 Å². The van der Waals surface area contributed by atoms with Gasteiger partial charge in [-0.1, -0.05) is 31.2 Å². The molecule has 0 aromatic heterocycles. The van der Waals surface area contributed by atoms with E-state index in [0.717, 1.165) is 6.54 Å². The number of benzene rings is 1. The van der Waals surface area contributed by atoms with Crippen molar-refractivity contribution < 1.29 is 0 Å². The first-order valence-electron chi connectivity index (χ1n) is 5.07. The molecule has 1 aromatic rings. The first-order valence-corrected chi connectivity index (χ1v) is 5.07. The number of nitrogens with zero attached hydrogens (tertiary/aromatic N) is 1. The lowest BCUT2D eigenvalue weighted by Gasteiger charge is -2.13. The number of rotatable bonds is 4. The minimum atomic E-state index is 0.456. The maximum Gasteiger partial charge on any atom is 0.0227 e. The SMILES string of the molecule is CC(CN)c1cccc(CN(C)C)c1. The summed E-state index contributed by atoms with van der Waals surface area (Å²) in [4.78, 5) is 2.17. The predicted octanol–water partition coefficient (Wildman–Crippen LogP) is 1.81. The van der Waals surface area contributed by atoms with Crippen molar-refractivity contribution in [2.45, 2.75) is 19.4 Å². The van der Waals surface area contributed by atoms with Crippen molar-refractivity contribution in [1.82, 2.24) is 4.90 Å². The first-order chi connectivity index (χ1) is 6.63. The zero-order valence-electron chi connectivity index (χ0n) is 9.33. The van der Waals surface area contributed by atoms with Crippen LogP contribution in [-0.4, -0.2) is 25.5 Å². The van der Waals surface area contributed by atoms with Gasteiger partial charge in [0.05, 0.1) is 0 Å². The molecule has 0 saturated heterocycles. The van der Waals surface area contributed by atoms with E-state index in [1.165, 1.54) is 11.1 Å². The molecular weight excluding hydrogens is 172 g/mol. The van der Waals surface area contributed by atoms with Crippen LogP contribution in [0.25, 0.3) is 0 Å². The van der Waals surface area contributed by atoms with Crippen molar-refractivity contribution >= 4 is 0 Å². The van der Waals surface area contributed by atoms with Gasteiger partial charge in [0.1, 0.15) is 0 Å². The molecular formula is C12H20N2. The van der Waals surface area contributed by atoms with Crippen LogP contribution in [0.15, 0.2) is 24.3 Å². The zero-order valence-corrected chi connectivity index (χ0v) is 9.33. The molecule has 14 heavy (non-hydrogen) atoms. The highest BCUT2D eigenvalue weighted by molar-refractivity contribution is 5.26. The summed E-state index contributed by atoms with van der Waals surface area (Å²) in [5.74, 6) is 0.456. The summed E-state index contributed by atoms with van der Waals surface area (Å²) in [7, 11) is 4.16. The topological polar surface area (TPSA) is 29.3 Å². The second-order valence-electron chi connectivity index (χ2n) is 4.12. The Morgan fingerprint density at radius 1 is 1.36 bits per heavy atom. The van der Waals surface area contributed by atoms with Gasteiger partial charge in [0, 0.05) is 6.54 Å². The molecule has 1 atom stereocenters. The van der Waals surface area contributed by atoms with E-state index in [0.29, 0.717) is 12.5 Å². The van der Waals surface area contributed by atoms with Gasteiger partial charge in [0.2, 0.25) is 0 Å². The third-order valence-corrected chi connectivity index (χ3v) is 2.37. The lowest BCUT2D eigenvalue weighted by Crippen LogP contribution is -2.12. The van der Waals surface area contributed by atoms with Gasteiger partial charge >= 0.3 is 0 Å². The minimum Gasteiger partial charge on any atom is -0.330 e. The van der Waals surface area contributed by atoms with Crippen LogP contribution in [-0.2, 0) is 6.54 Å². The van der Waals surface area contributed by atoms with Gasteiger partial charge in [-0.15, -0.1) is 0 Å². The van der Waals surface area contributed by atoms with E-state index in [4.69, 9.17) is 5.73 Å². The minimum absolute atomic E-state index is 0.456. The molecule has 2 heteroatoms. The van der Waals surface area contributed by atoms with Gasteiger partial charge in [-0.05, 0) is 37.7 Å². The summed E-state index contributed by atoms with van der Waals surface area (Å²) in [5, 5.41) is 0. The van der Waals surface area contributed by atoms with Crippen molar-refractivity contribution in [3.05, 3.63) is 35.4 Å². The standard InChI is InChI=1S/C12H20N2/c1-10(8-13)12-6-4-5-11(7-12)9-14(2)3/h4-7,10H,8-9,13H2,1-3H3. The molecule has 0 bridgehead atoms. The maximum atomic E-state index is 5.64. The molecule has 0 amide bonds. The Hall–Kier alpha value is -0.860. The average Bonchev–Trinajstić information content (AvgIpc) is 2.16. The van der Waals surface area contributed by atoms with Crippen LogP contribution in [0.2, 0.25) is 0 Å². The van der Waals surface area contributed by atoms with Crippen molar-refractivity contribution in [1.29, 1.82) is 0 Å². The molecule has 1 aromatic carbocycles. The van der Waals surface area contributed by atoms with Crippen molar-refractivity contribution in [3.63, 3.8) is 0 Å². The largest absolute Gasteiger partial charge is 0.330 e. The number of hydrogen-bond acceptors (Lipinski definition) is 2. The zero-order chi connectivity index (χ0) is 10.6. The first kappa shape index (κ1) is 11.2. The Balaban J connectivity index is 2.78. The molecule has 2 nitrogen and oxygen atoms in total. The smallest absolute Gasteiger partial charge is 0.0227 e. The van der Waals surface area contributed by atoms with Gasteiger partial charge in [-0.3, -0.25) is 0 Å². The normalized spacial score (nSPS) is 13.2. The summed E-state index contributed by atoms with van der Waals surface area (Å²) in [6.07, 6.45) is 0. The highest BCUT2D eigenvalue weighted by atomic mass is 15.0. The fourth-order valence-electron chi connectivity index (χ4n) is 1.50. The van der Waals surface area contributed by atoms with Crippen LogP contribution in [0, 0.1) is 0 Å². The molecule has 0 spiro atoms. The molecule has 0 saturated carbocycles. The fraction of sp³-hybridized carbons (Fsp3) is 0.500. The van der Waals surface area contributed by atoms with Gasteiger partial charge in [-0.25, -0.2) is 0 Å². The molecule has 1 unspecified atom stereocenters. The molecule has 0 aliphatic carbocycles. The van der Waals surface area contributed by atoms with E-state index in [2.05, 4.69) is 50.2 Å². The predicted molar refractivity (Wildman–Crippen MR) is 61.3 cm³/mol. The van der Waals surface area contributed by atoms with E-state index >= 15 is 0 Å². The maximum absolute atomic E-state index is 5.64. The van der Waals surface area contributed by atoms with Crippen LogP contribution in [0.3, 0.4) is 0 Å². The Kier molecular flexibility index (Phi) is 4.11. The molecule has 0 aliphatic heterocycles. The molecule has 2 N–H and O–H groups in total. The Bertz CT molecular complexity index is 281. The highest BCUT2D eigenvalue weighted by Gasteiger charge is 2.03. The van der Waals surface area contributed by atoms with Crippen molar-refractivity contribution in [2.75, 3.05) is 20.6 Å².